The van der Waals surface area contributed by atoms with Crippen molar-refractivity contribution >= 4 is 17.4 Å². The molecule has 0 spiro atoms. The van der Waals surface area contributed by atoms with E-state index in [0.29, 0.717) is 24.1 Å². The molecule has 2 rings (SSSR count). The molecular formula is C12H14FN3O2. The van der Waals surface area contributed by atoms with Gasteiger partial charge in [-0.05, 0) is 37.5 Å². The van der Waals surface area contributed by atoms with E-state index in [1.54, 1.807) is 19.1 Å². The van der Waals surface area contributed by atoms with Crippen LogP contribution in [-0.4, -0.2) is 17.0 Å². The molecule has 0 bridgehead atoms. The van der Waals surface area contributed by atoms with Crippen LogP contribution in [0.3, 0.4) is 0 Å². The van der Waals surface area contributed by atoms with Crippen LogP contribution in [0.5, 0.6) is 0 Å². The molecule has 1 aromatic carbocycles. The third kappa shape index (κ3) is 2.01. The minimum atomic E-state index is -0.934. The zero-order valence-corrected chi connectivity index (χ0v) is 9.90. The number of amides is 1. The second-order valence-electron chi connectivity index (χ2n) is 4.49. The van der Waals surface area contributed by atoms with Gasteiger partial charge in [0.1, 0.15) is 11.2 Å². The molecule has 1 aliphatic rings. The first-order chi connectivity index (χ1) is 8.49. The molecule has 0 aliphatic heterocycles. The van der Waals surface area contributed by atoms with Crippen molar-refractivity contribution in [3.63, 3.8) is 0 Å². The molecule has 0 heterocycles. The van der Waals surface area contributed by atoms with E-state index in [4.69, 9.17) is 10.9 Å². The van der Waals surface area contributed by atoms with Gasteiger partial charge in [0.15, 0.2) is 5.84 Å². The molecule has 0 aromatic heterocycles. The number of hydrogen-bond acceptors (Lipinski definition) is 3. The molecule has 1 amide bonds. The Kier molecular flexibility index (Phi) is 2.94. The van der Waals surface area contributed by atoms with Gasteiger partial charge in [-0.1, -0.05) is 11.2 Å². The van der Waals surface area contributed by atoms with Gasteiger partial charge in [0, 0.05) is 5.69 Å². The molecule has 4 N–H and O–H groups in total. The van der Waals surface area contributed by atoms with Crippen LogP contribution in [0.4, 0.5) is 10.1 Å². The Morgan fingerprint density at radius 2 is 2.22 bits per heavy atom. The molecule has 1 aromatic rings. The molecule has 1 saturated carbocycles. The summed E-state index contributed by atoms with van der Waals surface area (Å²) >= 11 is 0. The molecule has 1 fully saturated rings. The second-order valence-corrected chi connectivity index (χ2v) is 4.49. The lowest BCUT2D eigenvalue weighted by Gasteiger charge is -2.13. The first kappa shape index (κ1) is 12.3. The van der Waals surface area contributed by atoms with Crippen molar-refractivity contribution < 1.29 is 14.4 Å². The Hall–Kier alpha value is -2.11. The SMILES string of the molecule is Cc1ccc(NC(=O)C2(/C(N)=N/O)CC2)cc1F. The highest BCUT2D eigenvalue weighted by Gasteiger charge is 2.54. The van der Waals surface area contributed by atoms with Crippen molar-refractivity contribution in [3.8, 4) is 0 Å². The van der Waals surface area contributed by atoms with E-state index in [9.17, 15) is 9.18 Å². The van der Waals surface area contributed by atoms with Crippen molar-refractivity contribution in [1.82, 2.24) is 0 Å². The van der Waals surface area contributed by atoms with Crippen molar-refractivity contribution in [2.75, 3.05) is 5.32 Å². The number of anilines is 1. The van der Waals surface area contributed by atoms with Crippen LogP contribution < -0.4 is 11.1 Å². The predicted molar refractivity (Wildman–Crippen MR) is 64.8 cm³/mol. The van der Waals surface area contributed by atoms with Gasteiger partial charge in [-0.15, -0.1) is 0 Å². The maximum absolute atomic E-state index is 13.3. The second kappa shape index (κ2) is 4.29. The molecular weight excluding hydrogens is 237 g/mol. The van der Waals surface area contributed by atoms with Crippen molar-refractivity contribution in [2.24, 2.45) is 16.3 Å². The van der Waals surface area contributed by atoms with Gasteiger partial charge in [-0.2, -0.15) is 0 Å². The number of carbonyl (C=O) groups is 1. The van der Waals surface area contributed by atoms with Crippen LogP contribution in [0, 0.1) is 18.2 Å². The maximum Gasteiger partial charge on any atom is 0.238 e. The quantitative estimate of drug-likeness (QED) is 0.330. The highest BCUT2D eigenvalue weighted by Crippen LogP contribution is 2.46. The molecule has 0 saturated heterocycles. The number of carbonyl (C=O) groups excluding carboxylic acids is 1. The fraction of sp³-hybridized carbons (Fsp3) is 0.333. The van der Waals surface area contributed by atoms with E-state index in [0.717, 1.165) is 0 Å². The average Bonchev–Trinajstić information content (AvgIpc) is 3.14. The van der Waals surface area contributed by atoms with Gasteiger partial charge in [0.05, 0.1) is 0 Å². The van der Waals surface area contributed by atoms with E-state index in [1.165, 1.54) is 6.07 Å². The van der Waals surface area contributed by atoms with Gasteiger partial charge in [0.2, 0.25) is 5.91 Å². The third-order valence-electron chi connectivity index (χ3n) is 3.21. The third-order valence-corrected chi connectivity index (χ3v) is 3.21. The van der Waals surface area contributed by atoms with Gasteiger partial charge in [-0.25, -0.2) is 4.39 Å². The van der Waals surface area contributed by atoms with Crippen molar-refractivity contribution in [2.45, 2.75) is 19.8 Å². The van der Waals surface area contributed by atoms with E-state index in [-0.39, 0.29) is 17.6 Å². The number of nitrogens with two attached hydrogens (primary N) is 1. The number of hydrogen-bond donors (Lipinski definition) is 3. The topological polar surface area (TPSA) is 87.7 Å². The van der Waals surface area contributed by atoms with E-state index >= 15 is 0 Å². The lowest BCUT2D eigenvalue weighted by Crippen LogP contribution is -2.36. The molecule has 5 nitrogen and oxygen atoms in total. The normalized spacial score (nSPS) is 17.3. The zero-order chi connectivity index (χ0) is 13.3. The summed E-state index contributed by atoms with van der Waals surface area (Å²) in [5, 5.41) is 14.1. The number of nitrogens with one attached hydrogen (secondary N) is 1. The van der Waals surface area contributed by atoms with E-state index < -0.39 is 5.41 Å². The summed E-state index contributed by atoms with van der Waals surface area (Å²) in [6, 6.07) is 4.43. The number of nitrogens with zero attached hydrogens (tertiary/aromatic N) is 1. The Balaban J connectivity index is 2.15. The number of rotatable bonds is 3. The van der Waals surface area contributed by atoms with Gasteiger partial charge < -0.3 is 16.3 Å². The zero-order valence-electron chi connectivity index (χ0n) is 9.90. The van der Waals surface area contributed by atoms with E-state index in [1.807, 2.05) is 0 Å². The number of aryl methyl sites for hydroxylation is 1. The number of amidine groups is 1. The Labute approximate surface area is 103 Å². The molecule has 1 aliphatic carbocycles. The summed E-state index contributed by atoms with van der Waals surface area (Å²) in [7, 11) is 0. The van der Waals surface area contributed by atoms with Crippen LogP contribution in [0.2, 0.25) is 0 Å². The van der Waals surface area contributed by atoms with Gasteiger partial charge in [-0.3, -0.25) is 4.79 Å². The molecule has 0 unspecified atom stereocenters. The maximum atomic E-state index is 13.3. The fourth-order valence-electron chi connectivity index (χ4n) is 1.74. The highest BCUT2D eigenvalue weighted by molar-refractivity contribution is 6.14. The minimum Gasteiger partial charge on any atom is -0.409 e. The lowest BCUT2D eigenvalue weighted by molar-refractivity contribution is -0.119. The summed E-state index contributed by atoms with van der Waals surface area (Å²) in [4.78, 5) is 12.0. The van der Waals surface area contributed by atoms with Crippen LogP contribution in [-0.2, 0) is 4.79 Å². The molecule has 18 heavy (non-hydrogen) atoms. The van der Waals surface area contributed by atoms with Crippen LogP contribution in [0.15, 0.2) is 23.4 Å². The predicted octanol–water partition coefficient (Wildman–Crippen LogP) is 1.60. The summed E-state index contributed by atoms with van der Waals surface area (Å²) in [6.45, 7) is 1.64. The van der Waals surface area contributed by atoms with E-state index in [2.05, 4.69) is 10.5 Å². The lowest BCUT2D eigenvalue weighted by atomic mass is 10.0. The van der Waals surface area contributed by atoms with Gasteiger partial charge in [0.25, 0.3) is 0 Å². The summed E-state index contributed by atoms with van der Waals surface area (Å²) in [5.74, 6) is -0.866. The average molecular weight is 251 g/mol. The fourth-order valence-corrected chi connectivity index (χ4v) is 1.74. The van der Waals surface area contributed by atoms with Crippen LogP contribution >= 0.6 is 0 Å². The van der Waals surface area contributed by atoms with Crippen LogP contribution in [0.25, 0.3) is 0 Å². The smallest absolute Gasteiger partial charge is 0.238 e. The summed E-state index contributed by atoms with van der Waals surface area (Å²) < 4.78 is 13.3. The number of benzene rings is 1. The number of oxime groups is 1. The van der Waals surface area contributed by atoms with Gasteiger partial charge >= 0.3 is 0 Å². The molecule has 96 valence electrons. The van der Waals surface area contributed by atoms with Crippen molar-refractivity contribution in [1.29, 1.82) is 0 Å². The Morgan fingerprint density at radius 3 is 2.72 bits per heavy atom. The molecule has 6 heteroatoms. The highest BCUT2D eigenvalue weighted by atomic mass is 19.1. The summed E-state index contributed by atoms with van der Waals surface area (Å²) in [6.07, 6.45) is 1.06. The minimum absolute atomic E-state index is 0.104. The Bertz CT molecular complexity index is 524. The van der Waals surface area contributed by atoms with Crippen LogP contribution in [0.1, 0.15) is 18.4 Å². The standard InChI is InChI=1S/C12H14FN3O2/c1-7-2-3-8(6-9(7)13)15-11(17)12(4-5-12)10(14)16-18/h2-3,6,18H,4-5H2,1H3,(H2,14,16)(H,15,17). The first-order valence-electron chi connectivity index (χ1n) is 5.55. The molecule has 0 radical (unpaired) electrons. The largest absolute Gasteiger partial charge is 0.409 e. The molecule has 0 atom stereocenters. The van der Waals surface area contributed by atoms with Crippen molar-refractivity contribution in [3.05, 3.63) is 29.6 Å². The number of halogens is 1. The first-order valence-corrected chi connectivity index (χ1v) is 5.55. The Morgan fingerprint density at radius 1 is 1.56 bits per heavy atom. The monoisotopic (exact) mass is 251 g/mol. The summed E-state index contributed by atoms with van der Waals surface area (Å²) in [5.41, 5.74) is 5.42.